The lowest BCUT2D eigenvalue weighted by molar-refractivity contribution is -0.143. The van der Waals surface area contributed by atoms with Gasteiger partial charge in [0.25, 0.3) is 0 Å². The number of rotatable bonds is 11. The van der Waals surface area contributed by atoms with Gasteiger partial charge in [-0.1, -0.05) is 0 Å². The third-order valence-electron chi connectivity index (χ3n) is 2.97. The van der Waals surface area contributed by atoms with Gasteiger partial charge in [0.1, 0.15) is 12.1 Å². The Morgan fingerprint density at radius 3 is 2.08 bits per heavy atom. The molecular weight excluding hydrogens is 340 g/mol. The van der Waals surface area contributed by atoms with Crippen LogP contribution in [-0.2, 0) is 24.0 Å². The summed E-state index contributed by atoms with van der Waals surface area (Å²) >= 11 is 0. The fourth-order valence-electron chi connectivity index (χ4n) is 1.69. The number of aliphatic carboxylic acids is 2. The van der Waals surface area contributed by atoms with Crippen molar-refractivity contribution in [2.24, 2.45) is 5.73 Å². The van der Waals surface area contributed by atoms with Gasteiger partial charge in [-0.25, -0.2) is 4.79 Å². The van der Waals surface area contributed by atoms with E-state index >= 15 is 0 Å². The fourth-order valence-corrected chi connectivity index (χ4v) is 1.69. The fraction of sp³-hybridized carbons (Fsp3) is 0.615. The minimum atomic E-state index is -1.43. The highest BCUT2D eigenvalue weighted by Crippen LogP contribution is 1.98. The second kappa shape index (κ2) is 10.9. The van der Waals surface area contributed by atoms with Crippen molar-refractivity contribution < 1.29 is 39.3 Å². The zero-order valence-corrected chi connectivity index (χ0v) is 13.5. The molecule has 0 aromatic heterocycles. The monoisotopic (exact) mass is 362 g/mol. The standard InChI is InChI=1S/C13H22N4O8/c1-6(18)11(17-8(19)4-14)12(23)15-5-9(20)16-7(13(24)25)2-3-10(21)22/h6-7,11,18H,2-5,14H2,1H3,(H,15,23)(H,16,20)(H,17,19)(H,21,22)(H,24,25). The van der Waals surface area contributed by atoms with Crippen LogP contribution >= 0.6 is 0 Å². The Kier molecular flexibility index (Phi) is 9.74. The molecule has 8 N–H and O–H groups in total. The second-order valence-electron chi connectivity index (χ2n) is 5.10. The first kappa shape index (κ1) is 22.3. The van der Waals surface area contributed by atoms with E-state index < -0.39 is 67.4 Å². The number of hydrogen-bond acceptors (Lipinski definition) is 7. The van der Waals surface area contributed by atoms with E-state index in [0.29, 0.717) is 0 Å². The first-order valence-electron chi connectivity index (χ1n) is 7.27. The molecule has 142 valence electrons. The van der Waals surface area contributed by atoms with Crippen molar-refractivity contribution in [1.29, 1.82) is 0 Å². The quantitative estimate of drug-likeness (QED) is 0.193. The summed E-state index contributed by atoms with van der Waals surface area (Å²) in [5.74, 6) is -5.07. The van der Waals surface area contributed by atoms with E-state index in [9.17, 15) is 29.1 Å². The lowest BCUT2D eigenvalue weighted by Gasteiger charge is -2.20. The molecule has 0 aliphatic heterocycles. The first-order valence-corrected chi connectivity index (χ1v) is 7.27. The van der Waals surface area contributed by atoms with Crippen LogP contribution in [0, 0.1) is 0 Å². The van der Waals surface area contributed by atoms with Gasteiger partial charge in [-0.3, -0.25) is 19.2 Å². The van der Waals surface area contributed by atoms with Gasteiger partial charge in [-0.05, 0) is 13.3 Å². The Balaban J connectivity index is 4.57. The summed E-state index contributed by atoms with van der Waals surface area (Å²) in [6, 6.07) is -2.77. The van der Waals surface area contributed by atoms with Gasteiger partial charge in [0.05, 0.1) is 19.2 Å². The van der Waals surface area contributed by atoms with Crippen molar-refractivity contribution in [3.05, 3.63) is 0 Å². The van der Waals surface area contributed by atoms with Gasteiger partial charge in [-0.15, -0.1) is 0 Å². The lowest BCUT2D eigenvalue weighted by Crippen LogP contribution is -2.55. The number of nitrogens with two attached hydrogens (primary N) is 1. The average molecular weight is 362 g/mol. The number of carbonyl (C=O) groups is 5. The van der Waals surface area contributed by atoms with Crippen molar-refractivity contribution in [1.82, 2.24) is 16.0 Å². The lowest BCUT2D eigenvalue weighted by atomic mass is 10.1. The zero-order chi connectivity index (χ0) is 19.6. The highest BCUT2D eigenvalue weighted by atomic mass is 16.4. The van der Waals surface area contributed by atoms with Crippen molar-refractivity contribution in [2.45, 2.75) is 38.0 Å². The molecule has 0 aliphatic carbocycles. The number of carbonyl (C=O) groups excluding carboxylic acids is 3. The van der Waals surface area contributed by atoms with Crippen molar-refractivity contribution in [3.63, 3.8) is 0 Å². The van der Waals surface area contributed by atoms with Crippen LogP contribution in [0.25, 0.3) is 0 Å². The summed E-state index contributed by atoms with van der Waals surface area (Å²) in [5.41, 5.74) is 5.09. The minimum absolute atomic E-state index is 0.326. The van der Waals surface area contributed by atoms with Crippen LogP contribution in [-0.4, -0.2) is 76.3 Å². The first-order chi connectivity index (χ1) is 11.6. The Morgan fingerprint density at radius 1 is 1.04 bits per heavy atom. The van der Waals surface area contributed by atoms with E-state index in [2.05, 4.69) is 16.0 Å². The maximum atomic E-state index is 11.9. The van der Waals surface area contributed by atoms with Gasteiger partial charge < -0.3 is 37.0 Å². The molecule has 0 fully saturated rings. The highest BCUT2D eigenvalue weighted by molar-refractivity contribution is 5.92. The van der Waals surface area contributed by atoms with Crippen LogP contribution < -0.4 is 21.7 Å². The number of aliphatic hydroxyl groups excluding tert-OH is 1. The Hall–Kier alpha value is -2.73. The number of amides is 3. The Morgan fingerprint density at radius 2 is 1.64 bits per heavy atom. The van der Waals surface area contributed by atoms with Crippen molar-refractivity contribution >= 4 is 29.7 Å². The molecule has 0 rings (SSSR count). The molecule has 0 aromatic carbocycles. The van der Waals surface area contributed by atoms with Crippen LogP contribution in [0.1, 0.15) is 19.8 Å². The molecule has 12 heteroatoms. The number of carboxylic acid groups (broad SMARTS) is 2. The van der Waals surface area contributed by atoms with E-state index in [4.69, 9.17) is 15.9 Å². The van der Waals surface area contributed by atoms with E-state index in [0.717, 1.165) is 0 Å². The number of nitrogens with one attached hydrogen (secondary N) is 3. The average Bonchev–Trinajstić information content (AvgIpc) is 2.52. The summed E-state index contributed by atoms with van der Waals surface area (Å²) in [6.07, 6.45) is -2.05. The molecule has 3 atom stereocenters. The molecule has 3 amide bonds. The number of aliphatic hydroxyl groups is 1. The van der Waals surface area contributed by atoms with E-state index in [1.54, 1.807) is 0 Å². The minimum Gasteiger partial charge on any atom is -0.481 e. The molecule has 0 radical (unpaired) electrons. The molecule has 0 aromatic rings. The van der Waals surface area contributed by atoms with Crippen molar-refractivity contribution in [3.8, 4) is 0 Å². The largest absolute Gasteiger partial charge is 0.481 e. The van der Waals surface area contributed by atoms with Crippen LogP contribution in [0.4, 0.5) is 0 Å². The van der Waals surface area contributed by atoms with Gasteiger partial charge >= 0.3 is 11.9 Å². The van der Waals surface area contributed by atoms with Gasteiger partial charge in [-0.2, -0.15) is 0 Å². The third-order valence-corrected chi connectivity index (χ3v) is 2.97. The molecule has 0 spiro atoms. The van der Waals surface area contributed by atoms with Crippen LogP contribution in [0.5, 0.6) is 0 Å². The van der Waals surface area contributed by atoms with Crippen LogP contribution in [0.3, 0.4) is 0 Å². The maximum Gasteiger partial charge on any atom is 0.326 e. The predicted molar refractivity (Wildman–Crippen MR) is 82.1 cm³/mol. The van der Waals surface area contributed by atoms with Gasteiger partial charge in [0.2, 0.25) is 17.7 Å². The van der Waals surface area contributed by atoms with E-state index in [1.807, 2.05) is 0 Å². The summed E-state index contributed by atoms with van der Waals surface area (Å²) in [4.78, 5) is 56.1. The van der Waals surface area contributed by atoms with E-state index in [-0.39, 0.29) is 6.42 Å². The van der Waals surface area contributed by atoms with Crippen molar-refractivity contribution in [2.75, 3.05) is 13.1 Å². The van der Waals surface area contributed by atoms with Gasteiger partial charge in [0, 0.05) is 6.42 Å². The number of carboxylic acids is 2. The Labute approximate surface area is 142 Å². The van der Waals surface area contributed by atoms with Gasteiger partial charge in [0.15, 0.2) is 0 Å². The zero-order valence-electron chi connectivity index (χ0n) is 13.5. The topological polar surface area (TPSA) is 208 Å². The normalized spacial score (nSPS) is 13.9. The van der Waals surface area contributed by atoms with Crippen LogP contribution in [0.15, 0.2) is 0 Å². The molecule has 0 aliphatic rings. The molecule has 0 saturated carbocycles. The molecule has 0 bridgehead atoms. The molecule has 3 unspecified atom stereocenters. The smallest absolute Gasteiger partial charge is 0.326 e. The molecular formula is C13H22N4O8. The molecule has 0 heterocycles. The summed E-state index contributed by atoms with van der Waals surface area (Å²) in [7, 11) is 0. The SMILES string of the molecule is CC(O)C(NC(=O)CN)C(=O)NCC(=O)NC(CCC(=O)O)C(=O)O. The highest BCUT2D eigenvalue weighted by Gasteiger charge is 2.26. The molecule has 12 nitrogen and oxygen atoms in total. The maximum absolute atomic E-state index is 11.9. The second-order valence-corrected chi connectivity index (χ2v) is 5.10. The summed E-state index contributed by atoms with van der Waals surface area (Å²) in [5, 5.41) is 33.3. The molecule has 0 saturated heterocycles. The third kappa shape index (κ3) is 9.22. The molecule has 25 heavy (non-hydrogen) atoms. The summed E-state index contributed by atoms with van der Waals surface area (Å²) in [6.45, 7) is 0.214. The number of hydrogen-bond donors (Lipinski definition) is 7. The Bertz CT molecular complexity index is 522. The predicted octanol–water partition coefficient (Wildman–Crippen LogP) is -3.64. The summed E-state index contributed by atoms with van der Waals surface area (Å²) < 4.78 is 0. The van der Waals surface area contributed by atoms with E-state index in [1.165, 1.54) is 6.92 Å². The van der Waals surface area contributed by atoms with Crippen LogP contribution in [0.2, 0.25) is 0 Å².